The number of rotatable bonds is 2. The smallest absolute Gasteiger partial charge is 0.437 e. The van der Waals surface area contributed by atoms with Crippen molar-refractivity contribution in [2.45, 2.75) is 80.1 Å². The molecule has 1 aromatic carbocycles. The first-order valence-corrected chi connectivity index (χ1v) is 9.83. The van der Waals surface area contributed by atoms with Gasteiger partial charge in [0.15, 0.2) is 0 Å². The lowest BCUT2D eigenvalue weighted by Gasteiger charge is -2.25. The van der Waals surface area contributed by atoms with Crippen LogP contribution in [0.15, 0.2) is 29.3 Å². The van der Waals surface area contributed by atoms with E-state index in [9.17, 15) is 9.59 Å². The molecule has 0 heterocycles. The molecule has 0 atom stereocenters. The van der Waals surface area contributed by atoms with E-state index in [1.807, 2.05) is 45.0 Å². The van der Waals surface area contributed by atoms with Gasteiger partial charge in [0.25, 0.3) is 0 Å². The Labute approximate surface area is 175 Å². The van der Waals surface area contributed by atoms with E-state index < -0.39 is 23.4 Å². The molecule has 0 bridgehead atoms. The number of benzene rings is 1. The monoisotopic (exact) mass is 407 g/mol. The molecule has 0 aliphatic heterocycles. The van der Waals surface area contributed by atoms with E-state index in [0.717, 1.165) is 11.1 Å². The largest absolute Gasteiger partial charge is 0.444 e. The van der Waals surface area contributed by atoms with E-state index in [1.165, 1.54) is 0 Å². The first-order valence-electron chi connectivity index (χ1n) is 9.83. The van der Waals surface area contributed by atoms with Crippen molar-refractivity contribution in [3.63, 3.8) is 0 Å². The summed E-state index contributed by atoms with van der Waals surface area (Å²) in [5, 5.41) is 2.54. The average Bonchev–Trinajstić information content (AvgIpc) is 2.54. The summed E-state index contributed by atoms with van der Waals surface area (Å²) in [5.41, 5.74) is 0.797. The normalized spacial score (nSPS) is 11.7. The summed E-state index contributed by atoms with van der Waals surface area (Å²) >= 11 is 0. The zero-order chi connectivity index (χ0) is 22.8. The highest BCUT2D eigenvalue weighted by Crippen LogP contribution is 2.11. The van der Waals surface area contributed by atoms with Gasteiger partial charge in [0, 0.05) is 13.6 Å². The minimum Gasteiger partial charge on any atom is -0.444 e. The van der Waals surface area contributed by atoms with Crippen LogP contribution in [0, 0.1) is 6.92 Å². The molecule has 0 saturated heterocycles. The summed E-state index contributed by atoms with van der Waals surface area (Å²) in [4.78, 5) is 29.8. The first kappa shape index (κ1) is 26.4. The van der Waals surface area contributed by atoms with Gasteiger partial charge in [-0.2, -0.15) is 0 Å². The molecule has 164 valence electrons. The van der Waals surface area contributed by atoms with Crippen LogP contribution in [0.2, 0.25) is 0 Å². The van der Waals surface area contributed by atoms with Crippen molar-refractivity contribution in [3.05, 3.63) is 35.4 Å². The highest BCUT2D eigenvalue weighted by molar-refractivity contribution is 5.98. The van der Waals surface area contributed by atoms with Gasteiger partial charge >= 0.3 is 12.2 Å². The van der Waals surface area contributed by atoms with Crippen LogP contribution in [0.1, 0.15) is 66.5 Å². The highest BCUT2D eigenvalue weighted by Gasteiger charge is 2.22. The Morgan fingerprint density at radius 2 is 1.45 bits per heavy atom. The molecule has 7 heteroatoms. The molecule has 0 aliphatic carbocycles. The quantitative estimate of drug-likeness (QED) is 0.534. The molecule has 0 aliphatic rings. The summed E-state index contributed by atoms with van der Waals surface area (Å²) in [6, 6.07) is 7.94. The Morgan fingerprint density at radius 3 is 1.90 bits per heavy atom. The number of ether oxygens (including phenoxy) is 2. The molecular weight excluding hydrogens is 370 g/mol. The number of hydrogen-bond acceptors (Lipinski definition) is 4. The predicted octanol–water partition coefficient (Wildman–Crippen LogP) is 5.27. The summed E-state index contributed by atoms with van der Waals surface area (Å²) < 4.78 is 10.5. The lowest BCUT2D eigenvalue weighted by atomic mass is 10.1. The maximum absolute atomic E-state index is 12.1. The third-order valence-corrected chi connectivity index (χ3v) is 3.11. The summed E-state index contributed by atoms with van der Waals surface area (Å²) in [5.74, 6) is 0.0547. The summed E-state index contributed by atoms with van der Waals surface area (Å²) in [6.45, 7) is 17.0. The van der Waals surface area contributed by atoms with Gasteiger partial charge in [-0.05, 0) is 54.0 Å². The van der Waals surface area contributed by atoms with Crippen molar-refractivity contribution < 1.29 is 19.1 Å². The van der Waals surface area contributed by atoms with Gasteiger partial charge in [0.1, 0.15) is 11.2 Å². The number of nitrogens with one attached hydrogen (secondary N) is 1. The Balaban J connectivity index is 0.00000379. The number of carbonyl (C=O) groups excluding carboxylic acids is 2. The van der Waals surface area contributed by atoms with Gasteiger partial charge in [0.05, 0.1) is 0 Å². The molecule has 1 rings (SSSR count). The average molecular weight is 408 g/mol. The van der Waals surface area contributed by atoms with Crippen LogP contribution in [0.5, 0.6) is 0 Å². The fraction of sp³-hybridized carbons (Fsp3) is 0.591. The minimum absolute atomic E-state index is 0.0547. The maximum Gasteiger partial charge on any atom is 0.437 e. The molecule has 1 aromatic rings. The van der Waals surface area contributed by atoms with E-state index in [-0.39, 0.29) is 5.96 Å². The number of hydrogen-bond donors (Lipinski definition) is 1. The standard InChI is InChI=1S/C20H31N3O4.C2H6/c1-14-9-11-15(12-10-14)13-23(8)16(21-17(24)26-19(2,3)4)22-18(25)27-20(5,6)7;1-2/h9-12H,13H2,1-8H3,(H,21,22,24,25);1-2H3. The SMILES string of the molecule is CC.Cc1ccc(CN(C)/C(=N/C(=O)OC(C)(C)C)NC(=O)OC(C)(C)C)cc1. The molecule has 0 aromatic heterocycles. The van der Waals surface area contributed by atoms with Crippen molar-refractivity contribution in [2.24, 2.45) is 4.99 Å². The van der Waals surface area contributed by atoms with E-state index in [0.29, 0.717) is 6.54 Å². The second kappa shape index (κ2) is 11.4. The second-order valence-corrected chi connectivity index (χ2v) is 8.38. The van der Waals surface area contributed by atoms with E-state index in [1.54, 1.807) is 53.5 Å². The van der Waals surface area contributed by atoms with Crippen molar-refractivity contribution in [1.82, 2.24) is 10.2 Å². The number of aryl methyl sites for hydroxylation is 1. The highest BCUT2D eigenvalue weighted by atomic mass is 16.6. The molecule has 0 fully saturated rings. The maximum atomic E-state index is 12.1. The molecule has 0 spiro atoms. The van der Waals surface area contributed by atoms with Gasteiger partial charge in [0.2, 0.25) is 5.96 Å². The fourth-order valence-electron chi connectivity index (χ4n) is 2.02. The van der Waals surface area contributed by atoms with E-state index >= 15 is 0 Å². The molecule has 7 nitrogen and oxygen atoms in total. The molecule has 0 radical (unpaired) electrons. The lowest BCUT2D eigenvalue weighted by Crippen LogP contribution is -2.44. The number of nitrogens with zero attached hydrogens (tertiary/aromatic N) is 2. The lowest BCUT2D eigenvalue weighted by molar-refractivity contribution is 0.0555. The molecular formula is C22H37N3O4. The predicted molar refractivity (Wildman–Crippen MR) is 117 cm³/mol. The Morgan fingerprint density at radius 1 is 0.966 bits per heavy atom. The van der Waals surface area contributed by atoms with Crippen molar-refractivity contribution in [2.75, 3.05) is 7.05 Å². The number of aliphatic imine (C=N–C) groups is 1. The van der Waals surface area contributed by atoms with Crippen LogP contribution in [0.25, 0.3) is 0 Å². The fourth-order valence-corrected chi connectivity index (χ4v) is 2.02. The van der Waals surface area contributed by atoms with Crippen LogP contribution >= 0.6 is 0 Å². The van der Waals surface area contributed by atoms with Gasteiger partial charge in [-0.25, -0.2) is 9.59 Å². The summed E-state index contributed by atoms with van der Waals surface area (Å²) in [6.07, 6.45) is -1.48. The summed E-state index contributed by atoms with van der Waals surface area (Å²) in [7, 11) is 1.72. The molecule has 0 unspecified atom stereocenters. The van der Waals surface area contributed by atoms with Gasteiger partial charge in [-0.3, -0.25) is 5.32 Å². The van der Waals surface area contributed by atoms with Crippen LogP contribution in [0.3, 0.4) is 0 Å². The van der Waals surface area contributed by atoms with Crippen LogP contribution in [-0.2, 0) is 16.0 Å². The van der Waals surface area contributed by atoms with Gasteiger partial charge < -0.3 is 14.4 Å². The Bertz CT molecular complexity index is 683. The third kappa shape index (κ3) is 12.5. The molecule has 2 amide bonds. The van der Waals surface area contributed by atoms with Crippen molar-refractivity contribution >= 4 is 18.1 Å². The number of guanidine groups is 1. The zero-order valence-corrected chi connectivity index (χ0v) is 19.5. The van der Waals surface area contributed by atoms with E-state index in [4.69, 9.17) is 9.47 Å². The zero-order valence-electron chi connectivity index (χ0n) is 19.5. The van der Waals surface area contributed by atoms with E-state index in [2.05, 4.69) is 10.3 Å². The van der Waals surface area contributed by atoms with Crippen LogP contribution < -0.4 is 5.32 Å². The Kier molecular flexibility index (Phi) is 10.4. The van der Waals surface area contributed by atoms with Crippen molar-refractivity contribution in [1.29, 1.82) is 0 Å². The molecule has 0 saturated carbocycles. The van der Waals surface area contributed by atoms with Gasteiger partial charge in [-0.15, -0.1) is 4.99 Å². The van der Waals surface area contributed by atoms with Crippen LogP contribution in [0.4, 0.5) is 9.59 Å². The minimum atomic E-state index is -0.788. The van der Waals surface area contributed by atoms with Crippen LogP contribution in [-0.4, -0.2) is 41.3 Å². The Hall–Kier alpha value is -2.57. The second-order valence-electron chi connectivity index (χ2n) is 8.38. The number of amides is 2. The topological polar surface area (TPSA) is 80.2 Å². The first-order chi connectivity index (χ1) is 13.2. The molecule has 1 N–H and O–H groups in total. The van der Waals surface area contributed by atoms with Crippen molar-refractivity contribution in [3.8, 4) is 0 Å². The number of carbonyl (C=O) groups is 2. The molecule has 29 heavy (non-hydrogen) atoms. The third-order valence-electron chi connectivity index (χ3n) is 3.11. The van der Waals surface area contributed by atoms with Gasteiger partial charge in [-0.1, -0.05) is 43.7 Å². The number of alkyl carbamates (subject to hydrolysis) is 1.